The highest BCUT2D eigenvalue weighted by Gasteiger charge is 2.32. The first-order valence-corrected chi connectivity index (χ1v) is 7.75. The summed E-state index contributed by atoms with van der Waals surface area (Å²) >= 11 is 6.07. The molecule has 0 spiro atoms. The van der Waals surface area contributed by atoms with Crippen LogP contribution in [0.1, 0.15) is 45.6 Å². The summed E-state index contributed by atoms with van der Waals surface area (Å²) in [6.07, 6.45) is 3.87. The van der Waals surface area contributed by atoms with Crippen LogP contribution < -0.4 is 4.74 Å². The molecule has 0 heterocycles. The fourth-order valence-electron chi connectivity index (χ4n) is 3.08. The summed E-state index contributed by atoms with van der Waals surface area (Å²) in [7, 11) is 0. The van der Waals surface area contributed by atoms with E-state index in [4.69, 9.17) is 21.6 Å². The molecule has 0 radical (unpaired) electrons. The third kappa shape index (κ3) is 3.46. The molecule has 1 fully saturated rings. The maximum atomic E-state index is 8.91. The zero-order valence-corrected chi connectivity index (χ0v) is 13.2. The number of ether oxygens (including phenoxy) is 1. The first-order valence-electron chi connectivity index (χ1n) is 7.37. The van der Waals surface area contributed by atoms with Gasteiger partial charge in [-0.2, -0.15) is 5.26 Å². The minimum atomic E-state index is 0.253. The Morgan fingerprint density at radius 2 is 2.10 bits per heavy atom. The Morgan fingerprint density at radius 1 is 1.35 bits per heavy atom. The average molecular weight is 292 g/mol. The quantitative estimate of drug-likeness (QED) is 0.780. The van der Waals surface area contributed by atoms with Gasteiger partial charge in [-0.1, -0.05) is 38.8 Å². The van der Waals surface area contributed by atoms with Gasteiger partial charge >= 0.3 is 0 Å². The van der Waals surface area contributed by atoms with Gasteiger partial charge < -0.3 is 4.74 Å². The highest BCUT2D eigenvalue weighted by atomic mass is 35.5. The lowest BCUT2D eigenvalue weighted by molar-refractivity contribution is 0.0460. The molecular weight excluding hydrogens is 270 g/mol. The molecule has 3 heteroatoms. The van der Waals surface area contributed by atoms with Crippen molar-refractivity contribution in [1.82, 2.24) is 0 Å². The van der Waals surface area contributed by atoms with Gasteiger partial charge in [-0.3, -0.25) is 0 Å². The summed E-state index contributed by atoms with van der Waals surface area (Å²) in [5, 5.41) is 9.37. The summed E-state index contributed by atoms with van der Waals surface area (Å²) in [6, 6.07) is 7.41. The maximum absolute atomic E-state index is 8.91. The standard InChI is InChI=1S/C17H22ClNO/c1-11(2)15-7-4-12(3)8-17(15)20-14-6-5-13(10-19)16(18)9-14/h5-6,9,11-12,15,17H,4,7-8H2,1-3H3. The molecule has 3 unspecified atom stereocenters. The van der Waals surface area contributed by atoms with E-state index in [2.05, 4.69) is 26.8 Å². The normalized spacial score (nSPS) is 26.3. The second kappa shape index (κ2) is 6.50. The Kier molecular flexibility index (Phi) is 4.94. The molecule has 20 heavy (non-hydrogen) atoms. The Labute approximate surface area is 126 Å². The zero-order chi connectivity index (χ0) is 14.7. The van der Waals surface area contributed by atoms with E-state index < -0.39 is 0 Å². The lowest BCUT2D eigenvalue weighted by atomic mass is 9.75. The topological polar surface area (TPSA) is 33.0 Å². The van der Waals surface area contributed by atoms with Gasteiger partial charge in [0, 0.05) is 6.07 Å². The van der Waals surface area contributed by atoms with Crippen molar-refractivity contribution in [3.8, 4) is 11.8 Å². The fraction of sp³-hybridized carbons (Fsp3) is 0.588. The summed E-state index contributed by atoms with van der Waals surface area (Å²) < 4.78 is 6.19. The molecule has 1 aromatic rings. The van der Waals surface area contributed by atoms with Crippen LogP contribution in [0.4, 0.5) is 0 Å². The zero-order valence-electron chi connectivity index (χ0n) is 12.4. The Morgan fingerprint density at radius 3 is 2.70 bits per heavy atom. The van der Waals surface area contributed by atoms with Gasteiger partial charge in [0.15, 0.2) is 0 Å². The van der Waals surface area contributed by atoms with Crippen molar-refractivity contribution in [3.05, 3.63) is 28.8 Å². The van der Waals surface area contributed by atoms with Gasteiger partial charge in [0.25, 0.3) is 0 Å². The van der Waals surface area contributed by atoms with Crippen LogP contribution in [0.2, 0.25) is 5.02 Å². The van der Waals surface area contributed by atoms with E-state index in [9.17, 15) is 0 Å². The summed E-state index contributed by atoms with van der Waals surface area (Å²) in [4.78, 5) is 0. The molecule has 1 aliphatic carbocycles. The third-order valence-corrected chi connectivity index (χ3v) is 4.62. The molecule has 0 saturated heterocycles. The lowest BCUT2D eigenvalue weighted by Crippen LogP contribution is -2.36. The van der Waals surface area contributed by atoms with Crippen LogP contribution in [0, 0.1) is 29.1 Å². The summed E-state index contributed by atoms with van der Waals surface area (Å²) in [5.74, 6) is 2.71. The van der Waals surface area contributed by atoms with Gasteiger partial charge in [0.1, 0.15) is 17.9 Å². The fourth-order valence-corrected chi connectivity index (χ4v) is 3.30. The van der Waals surface area contributed by atoms with E-state index in [1.165, 1.54) is 12.8 Å². The smallest absolute Gasteiger partial charge is 0.121 e. The van der Waals surface area contributed by atoms with Crippen molar-refractivity contribution >= 4 is 11.6 Å². The van der Waals surface area contributed by atoms with Crippen molar-refractivity contribution < 1.29 is 4.74 Å². The van der Waals surface area contributed by atoms with Gasteiger partial charge in [0.05, 0.1) is 10.6 Å². The molecule has 2 rings (SSSR count). The molecule has 1 saturated carbocycles. The number of benzene rings is 1. The Balaban J connectivity index is 2.14. The van der Waals surface area contributed by atoms with Crippen LogP contribution in [-0.2, 0) is 0 Å². The second-order valence-corrected chi connectivity index (χ2v) is 6.64. The van der Waals surface area contributed by atoms with E-state index >= 15 is 0 Å². The van der Waals surface area contributed by atoms with Crippen LogP contribution >= 0.6 is 11.6 Å². The number of halogens is 1. The van der Waals surface area contributed by atoms with Crippen molar-refractivity contribution in [3.63, 3.8) is 0 Å². The highest BCUT2D eigenvalue weighted by Crippen LogP contribution is 2.36. The lowest BCUT2D eigenvalue weighted by Gasteiger charge is -2.37. The second-order valence-electron chi connectivity index (χ2n) is 6.24. The minimum absolute atomic E-state index is 0.253. The molecule has 0 bridgehead atoms. The Hall–Kier alpha value is -1.20. The van der Waals surface area contributed by atoms with E-state index in [1.54, 1.807) is 12.1 Å². The molecule has 0 aliphatic heterocycles. The summed E-state index contributed by atoms with van der Waals surface area (Å²) in [5.41, 5.74) is 0.497. The van der Waals surface area contributed by atoms with Crippen LogP contribution in [0.15, 0.2) is 18.2 Å². The van der Waals surface area contributed by atoms with E-state index in [0.717, 1.165) is 12.2 Å². The number of nitriles is 1. The molecular formula is C17H22ClNO. The number of nitrogens with zero attached hydrogens (tertiary/aromatic N) is 1. The van der Waals surface area contributed by atoms with Crippen molar-refractivity contribution in [1.29, 1.82) is 5.26 Å². The molecule has 0 amide bonds. The van der Waals surface area contributed by atoms with Crippen molar-refractivity contribution in [2.24, 2.45) is 17.8 Å². The van der Waals surface area contributed by atoms with Crippen LogP contribution in [-0.4, -0.2) is 6.10 Å². The van der Waals surface area contributed by atoms with Crippen LogP contribution in [0.3, 0.4) is 0 Å². The first-order chi connectivity index (χ1) is 9.51. The van der Waals surface area contributed by atoms with Gasteiger partial charge in [-0.25, -0.2) is 0 Å². The minimum Gasteiger partial charge on any atom is -0.490 e. The van der Waals surface area contributed by atoms with Crippen LogP contribution in [0.5, 0.6) is 5.75 Å². The number of hydrogen-bond donors (Lipinski definition) is 0. The number of rotatable bonds is 3. The van der Waals surface area contributed by atoms with Gasteiger partial charge in [-0.15, -0.1) is 0 Å². The molecule has 0 aromatic heterocycles. The average Bonchev–Trinajstić information content (AvgIpc) is 2.38. The van der Waals surface area contributed by atoms with Gasteiger partial charge in [0.2, 0.25) is 0 Å². The molecule has 3 atom stereocenters. The Bertz CT molecular complexity index is 506. The predicted molar refractivity (Wildman–Crippen MR) is 81.9 cm³/mol. The van der Waals surface area contributed by atoms with Crippen molar-refractivity contribution in [2.75, 3.05) is 0 Å². The molecule has 1 aliphatic rings. The van der Waals surface area contributed by atoms with Crippen LogP contribution in [0.25, 0.3) is 0 Å². The highest BCUT2D eigenvalue weighted by molar-refractivity contribution is 6.31. The van der Waals surface area contributed by atoms with Crippen molar-refractivity contribution in [2.45, 2.75) is 46.1 Å². The molecule has 108 valence electrons. The van der Waals surface area contributed by atoms with Gasteiger partial charge in [-0.05, 0) is 42.7 Å². The van der Waals surface area contributed by atoms with E-state index in [1.807, 2.05) is 6.07 Å². The first kappa shape index (κ1) is 15.2. The molecule has 0 N–H and O–H groups in total. The largest absolute Gasteiger partial charge is 0.490 e. The summed E-state index contributed by atoms with van der Waals surface area (Å²) in [6.45, 7) is 6.82. The predicted octanol–water partition coefficient (Wildman–Crippen LogP) is 5.05. The maximum Gasteiger partial charge on any atom is 0.121 e. The molecule has 1 aromatic carbocycles. The SMILES string of the molecule is CC1CCC(C(C)C)C(Oc2ccc(C#N)c(Cl)c2)C1. The third-order valence-electron chi connectivity index (χ3n) is 4.31. The van der Waals surface area contributed by atoms with E-state index in [0.29, 0.717) is 28.3 Å². The monoisotopic (exact) mass is 291 g/mol. The van der Waals surface area contributed by atoms with E-state index in [-0.39, 0.29) is 6.10 Å². The number of hydrogen-bond acceptors (Lipinski definition) is 2. The molecule has 2 nitrogen and oxygen atoms in total.